The minimum absolute atomic E-state index is 0.0131. The fourth-order valence-electron chi connectivity index (χ4n) is 8.46. The lowest BCUT2D eigenvalue weighted by Crippen LogP contribution is -2.64. The summed E-state index contributed by atoms with van der Waals surface area (Å²) in [5.41, 5.74) is 11.6. The van der Waals surface area contributed by atoms with Gasteiger partial charge in [-0.1, -0.05) is 40.2 Å². The van der Waals surface area contributed by atoms with Gasteiger partial charge in [0.1, 0.15) is 30.0 Å². The van der Waals surface area contributed by atoms with Crippen molar-refractivity contribution in [1.82, 2.24) is 41.8 Å². The second kappa shape index (κ2) is 34.2. The van der Waals surface area contributed by atoms with Crippen LogP contribution in [0.3, 0.4) is 0 Å². The number of thioether (sulfide) groups is 2. The molecule has 2 aliphatic rings. The van der Waals surface area contributed by atoms with Crippen molar-refractivity contribution in [3.8, 4) is 0 Å². The standard InChI is InChI=1S/C50H84N10O11S2/c1-5-34(4)45(47(52)68)58-48(69)41(25-33(2)3)57-49(70)50(17-22-71-23-18-50)59-43(65)16-24-72-31-37-9-8-10-38(55-37)32-73-30-35(28-61)26-54-36-14-20-60(21-15-36)27-44(66)56-40(46(51)67)12-13-42(64)53-19-7-6-11-39(63)29-62/h8-10,28,33-36,39-41,45,54,62-63H,5-7,11-27,29-32H2,1-4H3,(H2,51,67)(H2,52,68)(H,53,64)(H,56,66)(H,57,70)(H,58,69)(H,59,65)/t34-,35?,39-,40+,41-,45-/m0/s1. The van der Waals surface area contributed by atoms with Crippen molar-refractivity contribution in [1.29, 1.82) is 0 Å². The van der Waals surface area contributed by atoms with E-state index in [1.165, 1.54) is 0 Å². The van der Waals surface area contributed by atoms with Crippen molar-refractivity contribution in [3.05, 3.63) is 29.6 Å². The molecule has 3 rings (SSSR count). The predicted molar refractivity (Wildman–Crippen MR) is 281 cm³/mol. The van der Waals surface area contributed by atoms with Crippen LogP contribution in [-0.2, 0) is 54.6 Å². The van der Waals surface area contributed by atoms with Gasteiger partial charge in [0.05, 0.1) is 30.6 Å². The smallest absolute Gasteiger partial charge is 0.246 e. The molecular formula is C50H84N10O11S2. The van der Waals surface area contributed by atoms with Crippen molar-refractivity contribution in [2.75, 3.05) is 64.1 Å². The Labute approximate surface area is 439 Å². The summed E-state index contributed by atoms with van der Waals surface area (Å²) in [6, 6.07) is 3.20. The van der Waals surface area contributed by atoms with Gasteiger partial charge in [-0.15, -0.1) is 0 Å². The molecule has 7 amide bonds. The first kappa shape index (κ1) is 62.9. The van der Waals surface area contributed by atoms with Crippen LogP contribution in [0.4, 0.5) is 0 Å². The molecule has 2 fully saturated rings. The molecule has 1 aromatic heterocycles. The molecule has 6 atom stereocenters. The van der Waals surface area contributed by atoms with Gasteiger partial charge in [0.15, 0.2) is 0 Å². The topological polar surface area (TPSA) is 327 Å². The average molecular weight is 1070 g/mol. The lowest BCUT2D eigenvalue weighted by molar-refractivity contribution is -0.140. The molecule has 1 unspecified atom stereocenters. The summed E-state index contributed by atoms with van der Waals surface area (Å²) in [5.74, 6) is -1.33. The summed E-state index contributed by atoms with van der Waals surface area (Å²) >= 11 is 3.17. The lowest BCUT2D eigenvalue weighted by Gasteiger charge is -2.38. The molecule has 1 aromatic rings. The van der Waals surface area contributed by atoms with E-state index in [2.05, 4.69) is 31.9 Å². The van der Waals surface area contributed by atoms with Crippen molar-refractivity contribution >= 4 is 71.2 Å². The quantitative estimate of drug-likeness (QED) is 0.0321. The molecule has 0 bridgehead atoms. The summed E-state index contributed by atoms with van der Waals surface area (Å²) in [7, 11) is 0. The third-order valence-corrected chi connectivity index (χ3v) is 15.3. The number of ether oxygens (including phenoxy) is 1. The number of amides is 7. The van der Waals surface area contributed by atoms with Crippen LogP contribution in [0.5, 0.6) is 0 Å². The van der Waals surface area contributed by atoms with Crippen molar-refractivity contribution in [3.63, 3.8) is 0 Å². The number of pyridine rings is 1. The van der Waals surface area contributed by atoms with Gasteiger partial charge in [0.2, 0.25) is 41.4 Å². The van der Waals surface area contributed by atoms with E-state index in [1.54, 1.807) is 23.5 Å². The SMILES string of the molecule is CC[C@H](C)[C@H](NC(=O)[C@H](CC(C)C)NC(=O)C1(NC(=O)CCSCc2cccc(CSCC(C=O)CNC3CCN(CC(=O)N[C@H](CCC(=O)NCCCC[C@H](O)CO)C(N)=O)CC3)n2)CCOCC1)C(N)=O. The third-order valence-electron chi connectivity index (χ3n) is 13.1. The minimum Gasteiger partial charge on any atom is -0.394 e. The maximum Gasteiger partial charge on any atom is 0.246 e. The fourth-order valence-corrected chi connectivity index (χ4v) is 10.3. The summed E-state index contributed by atoms with van der Waals surface area (Å²) < 4.78 is 5.54. The number of hydrogen-bond donors (Lipinski definition) is 10. The van der Waals surface area contributed by atoms with Gasteiger partial charge in [-0.3, -0.25) is 43.4 Å². The number of nitrogens with two attached hydrogens (primary N) is 2. The highest BCUT2D eigenvalue weighted by Gasteiger charge is 2.43. The molecule has 0 aliphatic carbocycles. The number of aromatic nitrogens is 1. The van der Waals surface area contributed by atoms with E-state index in [4.69, 9.17) is 26.3 Å². The Morgan fingerprint density at radius 3 is 2.19 bits per heavy atom. The number of carbonyl (C=O) groups is 8. The molecule has 12 N–H and O–H groups in total. The molecule has 0 spiro atoms. The zero-order valence-electron chi connectivity index (χ0n) is 43.3. The van der Waals surface area contributed by atoms with E-state index in [0.717, 1.165) is 30.5 Å². The zero-order valence-corrected chi connectivity index (χ0v) is 45.0. The Morgan fingerprint density at radius 2 is 1.58 bits per heavy atom. The van der Waals surface area contributed by atoms with Gasteiger partial charge in [0, 0.05) is 100 Å². The maximum absolute atomic E-state index is 14.0. The third kappa shape index (κ3) is 24.2. The predicted octanol–water partition coefficient (Wildman–Crippen LogP) is 0.410. The normalized spacial score (nSPS) is 17.5. The van der Waals surface area contributed by atoms with Crippen LogP contribution in [0, 0.1) is 17.8 Å². The van der Waals surface area contributed by atoms with Crippen LogP contribution in [0.25, 0.3) is 0 Å². The van der Waals surface area contributed by atoms with E-state index in [0.29, 0.717) is 81.3 Å². The zero-order chi connectivity index (χ0) is 53.8. The van der Waals surface area contributed by atoms with Crippen LogP contribution >= 0.6 is 23.5 Å². The summed E-state index contributed by atoms with van der Waals surface area (Å²) in [4.78, 5) is 109. The Bertz CT molecular complexity index is 1900. The largest absolute Gasteiger partial charge is 0.394 e. The van der Waals surface area contributed by atoms with Gasteiger partial charge in [0.25, 0.3) is 0 Å². The van der Waals surface area contributed by atoms with E-state index in [-0.39, 0.29) is 100.0 Å². The highest BCUT2D eigenvalue weighted by molar-refractivity contribution is 7.98. The number of nitrogens with one attached hydrogen (secondary N) is 6. The van der Waals surface area contributed by atoms with Gasteiger partial charge < -0.3 is 63.1 Å². The summed E-state index contributed by atoms with van der Waals surface area (Å²) in [6.45, 7) is 10.1. The number of primary amides is 2. The van der Waals surface area contributed by atoms with E-state index in [9.17, 15) is 43.5 Å². The second-order valence-corrected chi connectivity index (χ2v) is 21.8. The molecule has 2 saturated heterocycles. The van der Waals surface area contributed by atoms with E-state index >= 15 is 0 Å². The number of nitrogens with zero attached hydrogens (tertiary/aromatic N) is 2. The number of hydrogen-bond acceptors (Lipinski definition) is 16. The van der Waals surface area contributed by atoms with Crippen LogP contribution in [0.15, 0.2) is 18.2 Å². The maximum atomic E-state index is 14.0. The van der Waals surface area contributed by atoms with E-state index in [1.807, 2.05) is 50.8 Å². The number of piperidine rings is 1. The molecule has 0 saturated carbocycles. The van der Waals surface area contributed by atoms with Gasteiger partial charge in [-0.2, -0.15) is 23.5 Å². The Balaban J connectivity index is 1.36. The molecule has 2 aliphatic heterocycles. The first-order valence-electron chi connectivity index (χ1n) is 25.8. The Kier molecular flexibility index (Phi) is 29.5. The number of likely N-dealkylation sites (tertiary alicyclic amines) is 1. The monoisotopic (exact) mass is 1060 g/mol. The molecule has 23 heteroatoms. The molecule has 0 radical (unpaired) electrons. The summed E-state index contributed by atoms with van der Waals surface area (Å²) in [5, 5.41) is 35.8. The van der Waals surface area contributed by atoms with Crippen LogP contribution in [-0.4, -0.2) is 168 Å². The molecule has 0 aromatic carbocycles. The lowest BCUT2D eigenvalue weighted by atomic mass is 9.87. The Hall–Kier alpha value is -4.39. The number of carbonyl (C=O) groups excluding carboxylic acids is 8. The molecular weight excluding hydrogens is 981 g/mol. The highest BCUT2D eigenvalue weighted by atomic mass is 32.2. The minimum atomic E-state index is -1.26. The first-order valence-corrected chi connectivity index (χ1v) is 28.1. The molecule has 73 heavy (non-hydrogen) atoms. The molecule has 3 heterocycles. The average Bonchev–Trinajstić information content (AvgIpc) is 3.36. The number of aldehydes is 1. The van der Waals surface area contributed by atoms with Crippen LogP contribution in [0.1, 0.15) is 116 Å². The van der Waals surface area contributed by atoms with Gasteiger partial charge in [-0.05, 0) is 68.9 Å². The molecule has 21 nitrogen and oxygen atoms in total. The fraction of sp³-hybridized carbons (Fsp3) is 0.740. The van der Waals surface area contributed by atoms with Crippen molar-refractivity contribution in [2.45, 2.75) is 152 Å². The van der Waals surface area contributed by atoms with Crippen LogP contribution in [0.2, 0.25) is 0 Å². The number of aliphatic hydroxyl groups is 2. The molecule has 412 valence electrons. The van der Waals surface area contributed by atoms with Gasteiger partial charge >= 0.3 is 0 Å². The van der Waals surface area contributed by atoms with Crippen LogP contribution < -0.4 is 43.4 Å². The highest BCUT2D eigenvalue weighted by Crippen LogP contribution is 2.24. The number of unbranched alkanes of at least 4 members (excludes halogenated alkanes) is 1. The number of aliphatic hydroxyl groups excluding tert-OH is 2. The van der Waals surface area contributed by atoms with Gasteiger partial charge in [-0.25, -0.2) is 0 Å². The van der Waals surface area contributed by atoms with Crippen molar-refractivity contribution < 1.29 is 53.3 Å². The first-order chi connectivity index (χ1) is 34.9. The van der Waals surface area contributed by atoms with Crippen molar-refractivity contribution in [2.24, 2.45) is 29.2 Å². The Morgan fingerprint density at radius 1 is 0.890 bits per heavy atom. The van der Waals surface area contributed by atoms with E-state index < -0.39 is 53.4 Å². The second-order valence-electron chi connectivity index (χ2n) is 19.7. The number of rotatable bonds is 36. The summed E-state index contributed by atoms with van der Waals surface area (Å²) in [6.07, 6.45) is 5.14.